The maximum absolute atomic E-state index is 11.6. The van der Waals surface area contributed by atoms with Crippen LogP contribution in [0.1, 0.15) is 19.8 Å². The molecule has 1 saturated heterocycles. The van der Waals surface area contributed by atoms with Crippen LogP contribution in [0.15, 0.2) is 0 Å². The molecule has 18 heavy (non-hydrogen) atoms. The molecule has 0 aromatic heterocycles. The summed E-state index contributed by atoms with van der Waals surface area (Å²) >= 11 is 0. The third-order valence-corrected chi connectivity index (χ3v) is 3.04. The Labute approximate surface area is 108 Å². The van der Waals surface area contributed by atoms with Crippen molar-refractivity contribution in [3.63, 3.8) is 0 Å². The molecule has 0 aromatic carbocycles. The Kier molecular flexibility index (Phi) is 6.23. The van der Waals surface area contributed by atoms with E-state index in [0.29, 0.717) is 19.7 Å². The van der Waals surface area contributed by atoms with E-state index in [1.54, 1.807) is 6.92 Å². The van der Waals surface area contributed by atoms with Crippen LogP contribution in [0.25, 0.3) is 0 Å². The highest BCUT2D eigenvalue weighted by atomic mass is 16.5. The molecule has 0 radical (unpaired) electrons. The lowest BCUT2D eigenvalue weighted by Gasteiger charge is -2.28. The summed E-state index contributed by atoms with van der Waals surface area (Å²) in [5, 5.41) is 2.64. The van der Waals surface area contributed by atoms with Crippen LogP contribution < -0.4 is 10.2 Å². The third kappa shape index (κ3) is 4.76. The first-order chi connectivity index (χ1) is 8.67. The number of terminal acetylenes is 1. The minimum absolute atomic E-state index is 0.0625. The van der Waals surface area contributed by atoms with Crippen LogP contribution in [-0.2, 0) is 14.3 Å². The second-order valence-corrected chi connectivity index (χ2v) is 4.45. The third-order valence-electron chi connectivity index (χ3n) is 3.04. The minimum atomic E-state index is -0.140. The van der Waals surface area contributed by atoms with Gasteiger partial charge in [0.2, 0.25) is 0 Å². The van der Waals surface area contributed by atoms with Crippen molar-refractivity contribution < 1.29 is 19.2 Å². The zero-order valence-corrected chi connectivity index (χ0v) is 10.8. The van der Waals surface area contributed by atoms with Gasteiger partial charge in [0.15, 0.2) is 6.54 Å². The van der Waals surface area contributed by atoms with Gasteiger partial charge in [-0.05, 0) is 19.8 Å². The van der Waals surface area contributed by atoms with Crippen molar-refractivity contribution in [1.29, 1.82) is 0 Å². The quantitative estimate of drug-likeness (QED) is 0.468. The predicted octanol–water partition coefficient (Wildman–Crippen LogP) is -1.41. The molecule has 5 nitrogen and oxygen atoms in total. The molecule has 0 aromatic rings. The average molecular weight is 253 g/mol. The van der Waals surface area contributed by atoms with Crippen LogP contribution in [0.4, 0.5) is 0 Å². The molecule has 0 bridgehead atoms. The van der Waals surface area contributed by atoms with Crippen molar-refractivity contribution in [2.75, 3.05) is 32.8 Å². The number of hydrogen-bond acceptors (Lipinski definition) is 3. The Hall–Kier alpha value is -1.54. The van der Waals surface area contributed by atoms with E-state index in [9.17, 15) is 9.59 Å². The molecular formula is C13H21N2O3+. The molecule has 0 saturated carbocycles. The summed E-state index contributed by atoms with van der Waals surface area (Å²) in [4.78, 5) is 24.3. The van der Waals surface area contributed by atoms with Crippen LogP contribution in [0.2, 0.25) is 0 Å². The molecule has 0 spiro atoms. The molecule has 2 N–H and O–H groups in total. The van der Waals surface area contributed by atoms with Crippen LogP contribution in [0.3, 0.4) is 0 Å². The molecule has 5 heteroatoms. The maximum atomic E-state index is 11.6. The number of esters is 1. The van der Waals surface area contributed by atoms with Gasteiger partial charge in [-0.25, -0.2) is 0 Å². The summed E-state index contributed by atoms with van der Waals surface area (Å²) in [5.74, 6) is 2.09. The Morgan fingerprint density at radius 1 is 1.56 bits per heavy atom. The van der Waals surface area contributed by atoms with Gasteiger partial charge in [0.05, 0.1) is 26.2 Å². The SMILES string of the molecule is C#CCNC(=O)C[NH+]1CCC[C@H](C(=O)OCC)C1. The number of hydrogen-bond donors (Lipinski definition) is 2. The minimum Gasteiger partial charge on any atom is -0.466 e. The Bertz CT molecular complexity index is 336. The van der Waals surface area contributed by atoms with Gasteiger partial charge in [0, 0.05) is 0 Å². The first-order valence-corrected chi connectivity index (χ1v) is 6.37. The van der Waals surface area contributed by atoms with Crippen molar-refractivity contribution in [2.24, 2.45) is 5.92 Å². The van der Waals surface area contributed by atoms with E-state index in [-0.39, 0.29) is 24.3 Å². The fourth-order valence-corrected chi connectivity index (χ4v) is 2.21. The fraction of sp³-hybridized carbons (Fsp3) is 0.692. The van der Waals surface area contributed by atoms with Gasteiger partial charge in [0.25, 0.3) is 5.91 Å². The topological polar surface area (TPSA) is 59.8 Å². The van der Waals surface area contributed by atoms with Gasteiger partial charge in [-0.2, -0.15) is 0 Å². The highest BCUT2D eigenvalue weighted by Crippen LogP contribution is 2.09. The monoisotopic (exact) mass is 253 g/mol. The molecule has 1 heterocycles. The highest BCUT2D eigenvalue weighted by molar-refractivity contribution is 5.77. The van der Waals surface area contributed by atoms with Crippen LogP contribution in [-0.4, -0.2) is 44.7 Å². The molecule has 100 valence electrons. The number of likely N-dealkylation sites (tertiary alicyclic amines) is 1. The molecule has 1 fully saturated rings. The van der Waals surface area contributed by atoms with Crippen molar-refractivity contribution in [2.45, 2.75) is 19.8 Å². The summed E-state index contributed by atoms with van der Waals surface area (Å²) in [6.45, 7) is 4.43. The number of rotatable bonds is 5. The zero-order valence-electron chi connectivity index (χ0n) is 10.8. The van der Waals surface area contributed by atoms with Crippen molar-refractivity contribution in [1.82, 2.24) is 5.32 Å². The number of piperidine rings is 1. The lowest BCUT2D eigenvalue weighted by atomic mass is 9.98. The molecule has 1 unspecified atom stereocenters. The summed E-state index contributed by atoms with van der Waals surface area (Å²) in [5.41, 5.74) is 0. The molecular weight excluding hydrogens is 232 g/mol. The number of carbonyl (C=O) groups excluding carboxylic acids is 2. The van der Waals surface area contributed by atoms with Crippen LogP contribution >= 0.6 is 0 Å². The van der Waals surface area contributed by atoms with Gasteiger partial charge in [-0.15, -0.1) is 6.42 Å². The second-order valence-electron chi connectivity index (χ2n) is 4.45. The fourth-order valence-electron chi connectivity index (χ4n) is 2.21. The zero-order chi connectivity index (χ0) is 13.4. The van der Waals surface area contributed by atoms with Gasteiger partial charge in [-0.3, -0.25) is 9.59 Å². The number of nitrogens with one attached hydrogen (secondary N) is 2. The second kappa shape index (κ2) is 7.72. The van der Waals surface area contributed by atoms with Crippen LogP contribution in [0, 0.1) is 18.3 Å². The van der Waals surface area contributed by atoms with Gasteiger partial charge in [0.1, 0.15) is 5.92 Å². The molecule has 2 atom stereocenters. The maximum Gasteiger partial charge on any atom is 0.314 e. The Balaban J connectivity index is 2.37. The molecule has 1 aliphatic heterocycles. The van der Waals surface area contributed by atoms with Gasteiger partial charge >= 0.3 is 5.97 Å². The first kappa shape index (κ1) is 14.5. The van der Waals surface area contributed by atoms with Gasteiger partial charge < -0.3 is 15.0 Å². The van der Waals surface area contributed by atoms with E-state index < -0.39 is 0 Å². The summed E-state index contributed by atoms with van der Waals surface area (Å²) in [6.07, 6.45) is 6.87. The average Bonchev–Trinajstić information content (AvgIpc) is 2.37. The molecule has 1 amide bonds. The Morgan fingerprint density at radius 2 is 2.33 bits per heavy atom. The number of ether oxygens (including phenoxy) is 1. The Morgan fingerprint density at radius 3 is 3.00 bits per heavy atom. The number of amides is 1. The summed E-state index contributed by atoms with van der Waals surface area (Å²) in [7, 11) is 0. The highest BCUT2D eigenvalue weighted by Gasteiger charge is 2.30. The van der Waals surface area contributed by atoms with E-state index in [0.717, 1.165) is 24.3 Å². The summed E-state index contributed by atoms with van der Waals surface area (Å²) < 4.78 is 5.02. The molecule has 1 aliphatic rings. The van der Waals surface area contributed by atoms with Gasteiger partial charge in [-0.1, -0.05) is 5.92 Å². The van der Waals surface area contributed by atoms with E-state index in [2.05, 4.69) is 11.2 Å². The van der Waals surface area contributed by atoms with E-state index in [1.165, 1.54) is 0 Å². The largest absolute Gasteiger partial charge is 0.466 e. The van der Waals surface area contributed by atoms with E-state index in [1.807, 2.05) is 0 Å². The van der Waals surface area contributed by atoms with E-state index in [4.69, 9.17) is 11.2 Å². The molecule has 0 aliphatic carbocycles. The van der Waals surface area contributed by atoms with Crippen molar-refractivity contribution in [3.8, 4) is 12.3 Å². The first-order valence-electron chi connectivity index (χ1n) is 6.37. The number of carbonyl (C=O) groups is 2. The summed E-state index contributed by atoms with van der Waals surface area (Å²) in [6, 6.07) is 0. The van der Waals surface area contributed by atoms with Crippen LogP contribution in [0.5, 0.6) is 0 Å². The standard InChI is InChI=1S/C13H20N2O3/c1-3-7-14-12(16)10-15-8-5-6-11(9-15)13(17)18-4-2/h1,11H,4-10H2,2H3,(H,14,16)/p+1/t11-/m0/s1. The van der Waals surface area contributed by atoms with E-state index >= 15 is 0 Å². The molecule has 1 rings (SSSR count). The smallest absolute Gasteiger partial charge is 0.314 e. The van der Waals surface area contributed by atoms with Crippen molar-refractivity contribution in [3.05, 3.63) is 0 Å². The lowest BCUT2D eigenvalue weighted by Crippen LogP contribution is -3.14. The number of quaternary nitrogens is 1. The normalized spacial score (nSPS) is 22.9. The predicted molar refractivity (Wildman–Crippen MR) is 66.8 cm³/mol. The lowest BCUT2D eigenvalue weighted by molar-refractivity contribution is -0.899. The van der Waals surface area contributed by atoms with Crippen molar-refractivity contribution >= 4 is 11.9 Å².